The van der Waals surface area contributed by atoms with Crippen molar-refractivity contribution in [3.05, 3.63) is 131 Å². The fourth-order valence-corrected chi connectivity index (χ4v) is 4.87. The molecule has 1 heterocycles. The average molecular weight is 515 g/mol. The first-order chi connectivity index (χ1) is 17.4. The Morgan fingerprint density at radius 3 is 2.08 bits per heavy atom. The molecule has 0 spiro atoms. The van der Waals surface area contributed by atoms with Gasteiger partial charge in [0.25, 0.3) is 5.91 Å². The Hall–Kier alpha value is -4.20. The van der Waals surface area contributed by atoms with Gasteiger partial charge in [-0.2, -0.15) is 18.5 Å². The quantitative estimate of drug-likeness (QED) is 0.235. The minimum absolute atomic E-state index is 0.0114. The van der Waals surface area contributed by atoms with Crippen molar-refractivity contribution in [2.75, 3.05) is 5.01 Å². The van der Waals surface area contributed by atoms with E-state index in [1.54, 1.807) is 42.5 Å². The van der Waals surface area contributed by atoms with Crippen molar-refractivity contribution in [1.29, 1.82) is 0 Å². The van der Waals surface area contributed by atoms with E-state index >= 15 is 0 Å². The molecule has 0 aromatic heterocycles. The highest BCUT2D eigenvalue weighted by atomic mass is 35.5. The van der Waals surface area contributed by atoms with Crippen LogP contribution in [0.3, 0.4) is 0 Å². The first-order valence-corrected chi connectivity index (χ1v) is 12.8. The van der Waals surface area contributed by atoms with Crippen LogP contribution in [0.15, 0.2) is 125 Å². The lowest BCUT2D eigenvalue weighted by molar-refractivity contribution is -0.114. The fraction of sp³-hybridized carbons (Fsp3) is 0. The highest BCUT2D eigenvalue weighted by Crippen LogP contribution is 2.32. The number of benzene rings is 4. The number of carbonyl (C=O) groups is 1. The van der Waals surface area contributed by atoms with E-state index in [0.29, 0.717) is 22.0 Å². The van der Waals surface area contributed by atoms with Crippen LogP contribution in [0.4, 0.5) is 5.69 Å². The molecule has 0 aliphatic carbocycles. The second-order valence-electron chi connectivity index (χ2n) is 7.86. The smallest absolute Gasteiger partial charge is 0.339 e. The summed E-state index contributed by atoms with van der Waals surface area (Å²) in [7, 11) is -4.11. The molecule has 5 rings (SSSR count). The number of carbonyl (C=O) groups excluding carboxylic acids is 1. The summed E-state index contributed by atoms with van der Waals surface area (Å²) in [6, 6.07) is 30.7. The van der Waals surface area contributed by atoms with E-state index in [1.807, 2.05) is 48.5 Å². The number of anilines is 1. The molecule has 1 aliphatic heterocycles. The van der Waals surface area contributed by atoms with Gasteiger partial charge in [-0.25, -0.2) is 0 Å². The maximum absolute atomic E-state index is 13.5. The Balaban J connectivity index is 1.61. The Bertz CT molecular complexity index is 1590. The third-order valence-electron chi connectivity index (χ3n) is 5.43. The van der Waals surface area contributed by atoms with Crippen molar-refractivity contribution in [2.45, 2.75) is 4.90 Å². The summed E-state index contributed by atoms with van der Waals surface area (Å²) in [6.45, 7) is 0. The molecule has 0 atom stereocenters. The molecule has 1 aliphatic rings. The van der Waals surface area contributed by atoms with E-state index in [1.165, 1.54) is 29.3 Å². The monoisotopic (exact) mass is 514 g/mol. The van der Waals surface area contributed by atoms with Crippen molar-refractivity contribution in [3.8, 4) is 5.75 Å². The van der Waals surface area contributed by atoms with Gasteiger partial charge >= 0.3 is 10.1 Å². The average Bonchev–Trinajstić information content (AvgIpc) is 3.23. The molecule has 36 heavy (non-hydrogen) atoms. The molecule has 4 aromatic carbocycles. The van der Waals surface area contributed by atoms with E-state index in [9.17, 15) is 13.2 Å². The molecule has 6 nitrogen and oxygen atoms in total. The van der Waals surface area contributed by atoms with E-state index in [0.717, 1.165) is 5.56 Å². The summed E-state index contributed by atoms with van der Waals surface area (Å²) >= 11 is 6.25. The first kappa shape index (κ1) is 23.5. The Kier molecular flexibility index (Phi) is 6.41. The number of nitrogens with zero attached hydrogens (tertiary/aromatic N) is 2. The molecule has 0 fully saturated rings. The van der Waals surface area contributed by atoms with Gasteiger partial charge in [0.15, 0.2) is 0 Å². The Labute approximate surface area is 213 Å². The minimum atomic E-state index is -4.11. The lowest BCUT2D eigenvalue weighted by Crippen LogP contribution is -2.21. The molecule has 0 bridgehead atoms. The summed E-state index contributed by atoms with van der Waals surface area (Å²) in [5.74, 6) is -0.328. The number of rotatable bonds is 6. The second-order valence-corrected chi connectivity index (χ2v) is 9.84. The van der Waals surface area contributed by atoms with Crippen molar-refractivity contribution in [1.82, 2.24) is 0 Å². The lowest BCUT2D eigenvalue weighted by atomic mass is 10.00. The third-order valence-corrected chi connectivity index (χ3v) is 6.91. The third kappa shape index (κ3) is 4.79. The largest absolute Gasteiger partial charge is 0.378 e. The second kappa shape index (κ2) is 9.81. The van der Waals surface area contributed by atoms with Gasteiger partial charge in [-0.1, -0.05) is 78.3 Å². The Morgan fingerprint density at radius 2 is 1.42 bits per heavy atom. The van der Waals surface area contributed by atoms with Gasteiger partial charge in [0.1, 0.15) is 16.4 Å². The summed E-state index contributed by atoms with van der Waals surface area (Å²) in [5, 5.41) is 6.28. The van der Waals surface area contributed by atoms with Gasteiger partial charge < -0.3 is 4.18 Å². The summed E-state index contributed by atoms with van der Waals surface area (Å²) < 4.78 is 31.3. The number of hydrogen-bond donors (Lipinski definition) is 0. The van der Waals surface area contributed by atoms with Crippen molar-refractivity contribution < 1.29 is 17.4 Å². The molecule has 4 aromatic rings. The number of hydrogen-bond acceptors (Lipinski definition) is 5. The van der Waals surface area contributed by atoms with Crippen LogP contribution in [0.25, 0.3) is 6.08 Å². The normalized spacial score (nSPS) is 14.7. The van der Waals surface area contributed by atoms with Crippen LogP contribution in [0.2, 0.25) is 5.02 Å². The summed E-state index contributed by atoms with van der Waals surface area (Å²) in [6.07, 6.45) is 1.55. The molecule has 8 heteroatoms. The van der Waals surface area contributed by atoms with E-state index in [2.05, 4.69) is 5.10 Å². The lowest BCUT2D eigenvalue weighted by Gasteiger charge is -2.12. The van der Waals surface area contributed by atoms with Crippen molar-refractivity contribution in [3.63, 3.8) is 0 Å². The minimum Gasteiger partial charge on any atom is -0.378 e. The molecule has 178 valence electrons. The zero-order valence-corrected chi connectivity index (χ0v) is 20.4. The number of halogens is 1. The highest BCUT2D eigenvalue weighted by molar-refractivity contribution is 7.87. The van der Waals surface area contributed by atoms with Crippen LogP contribution >= 0.6 is 11.6 Å². The Morgan fingerprint density at radius 1 is 0.806 bits per heavy atom. The number of hydrazone groups is 1. The van der Waals surface area contributed by atoms with Gasteiger partial charge in [0, 0.05) is 16.1 Å². The van der Waals surface area contributed by atoms with Gasteiger partial charge in [0.05, 0.1) is 11.3 Å². The topological polar surface area (TPSA) is 76.0 Å². The number of amides is 1. The SMILES string of the molecule is O=C1/C(=C\c2cc(Cl)ccc2OS(=O)(=O)c2ccccc2)C(c2ccccc2)=NN1c1ccccc1. The molecule has 0 radical (unpaired) electrons. The van der Waals surface area contributed by atoms with Gasteiger partial charge in [-0.15, -0.1) is 0 Å². The number of para-hydroxylation sites is 1. The van der Waals surface area contributed by atoms with E-state index in [-0.39, 0.29) is 22.1 Å². The molecule has 0 unspecified atom stereocenters. The van der Waals surface area contributed by atoms with Crippen LogP contribution < -0.4 is 9.19 Å². The van der Waals surface area contributed by atoms with E-state index < -0.39 is 10.1 Å². The molecule has 0 N–H and O–H groups in total. The van der Waals surface area contributed by atoms with Crippen LogP contribution in [-0.2, 0) is 14.9 Å². The fourth-order valence-electron chi connectivity index (χ4n) is 3.72. The first-order valence-electron chi connectivity index (χ1n) is 11.0. The molecule has 1 amide bonds. The highest BCUT2D eigenvalue weighted by Gasteiger charge is 2.32. The predicted molar refractivity (Wildman–Crippen MR) is 141 cm³/mol. The molecular formula is C28H19ClN2O4S. The van der Waals surface area contributed by atoms with Gasteiger partial charge in [0.2, 0.25) is 0 Å². The molecule has 0 saturated carbocycles. The van der Waals surface area contributed by atoms with Gasteiger partial charge in [-0.3, -0.25) is 4.79 Å². The zero-order valence-electron chi connectivity index (χ0n) is 18.8. The molecule has 0 saturated heterocycles. The van der Waals surface area contributed by atoms with Crippen LogP contribution in [0.5, 0.6) is 5.75 Å². The van der Waals surface area contributed by atoms with E-state index in [4.69, 9.17) is 15.8 Å². The van der Waals surface area contributed by atoms with Crippen molar-refractivity contribution >= 4 is 45.1 Å². The maximum Gasteiger partial charge on any atom is 0.339 e. The maximum atomic E-state index is 13.5. The molecular weight excluding hydrogens is 496 g/mol. The summed E-state index contributed by atoms with van der Waals surface area (Å²) in [4.78, 5) is 13.6. The van der Waals surface area contributed by atoms with Crippen LogP contribution in [0.1, 0.15) is 11.1 Å². The van der Waals surface area contributed by atoms with Gasteiger partial charge in [-0.05, 0) is 48.5 Å². The van der Waals surface area contributed by atoms with Crippen LogP contribution in [-0.4, -0.2) is 20.0 Å². The zero-order chi connectivity index (χ0) is 25.1. The predicted octanol–water partition coefficient (Wildman–Crippen LogP) is 5.94. The standard InChI is InChI=1S/C28H19ClN2O4S/c29-22-16-17-26(35-36(33,34)24-14-8-3-9-15-24)21(18-22)19-25-27(20-10-4-1-5-11-20)30-31(28(25)32)23-12-6-2-7-13-23/h1-19H/b25-19-. The van der Waals surface area contributed by atoms with Crippen molar-refractivity contribution in [2.24, 2.45) is 5.10 Å². The van der Waals surface area contributed by atoms with Crippen LogP contribution in [0, 0.1) is 0 Å². The summed E-state index contributed by atoms with van der Waals surface area (Å²) in [5.41, 5.74) is 2.38.